The maximum absolute atomic E-state index is 12.8. The van der Waals surface area contributed by atoms with Crippen LogP contribution in [0.1, 0.15) is 24.0 Å². The Morgan fingerprint density at radius 1 is 1.29 bits per heavy atom. The van der Waals surface area contributed by atoms with Crippen molar-refractivity contribution in [3.8, 4) is 0 Å². The fourth-order valence-electron chi connectivity index (χ4n) is 2.25. The lowest BCUT2D eigenvalue weighted by molar-refractivity contribution is -0.138. The smallest absolute Gasteiger partial charge is 0.317 e. The summed E-state index contributed by atoms with van der Waals surface area (Å²) in [6.45, 7) is 1.80. The average molecular weight is 244 g/mol. The van der Waals surface area contributed by atoms with E-state index in [-0.39, 0.29) is 0 Å². The molecule has 0 radical (unpaired) electrons. The van der Waals surface area contributed by atoms with Crippen LogP contribution in [0.4, 0.5) is 13.2 Å². The minimum absolute atomic E-state index is 0.347. The van der Waals surface area contributed by atoms with Crippen LogP contribution in [0.3, 0.4) is 0 Å². The van der Waals surface area contributed by atoms with Crippen molar-refractivity contribution in [3.05, 3.63) is 29.6 Å². The third-order valence-electron chi connectivity index (χ3n) is 3.18. The summed E-state index contributed by atoms with van der Waals surface area (Å²) in [6.07, 6.45) is 0.455. The van der Waals surface area contributed by atoms with Gasteiger partial charge in [-0.05, 0) is 49.9 Å². The van der Waals surface area contributed by atoms with Gasteiger partial charge in [0.25, 0.3) is 0 Å². The quantitative estimate of drug-likeness (QED) is 0.865. The number of aromatic nitrogens is 1. The first-order valence-corrected chi connectivity index (χ1v) is 5.78. The van der Waals surface area contributed by atoms with E-state index >= 15 is 0 Å². The Hall–Kier alpha value is -1.10. The van der Waals surface area contributed by atoms with E-state index in [0.29, 0.717) is 17.9 Å². The highest BCUT2D eigenvalue weighted by molar-refractivity contribution is 5.26. The molecule has 0 amide bonds. The minimum atomic E-state index is -4.30. The molecule has 2 rings (SSSR count). The monoisotopic (exact) mass is 244 g/mol. The van der Waals surface area contributed by atoms with Crippen molar-refractivity contribution in [3.63, 3.8) is 0 Å². The lowest BCUT2D eigenvalue weighted by Crippen LogP contribution is -2.29. The van der Waals surface area contributed by atoms with Crippen LogP contribution >= 0.6 is 0 Å². The molecule has 1 fully saturated rings. The highest BCUT2D eigenvalue weighted by Crippen LogP contribution is 2.33. The van der Waals surface area contributed by atoms with Gasteiger partial charge in [-0.2, -0.15) is 13.2 Å². The Kier molecular flexibility index (Phi) is 3.66. The van der Waals surface area contributed by atoms with E-state index in [0.717, 1.165) is 32.1 Å². The molecule has 1 aliphatic heterocycles. The number of piperidine rings is 1. The van der Waals surface area contributed by atoms with Crippen LogP contribution in [-0.2, 0) is 12.6 Å². The van der Waals surface area contributed by atoms with Gasteiger partial charge >= 0.3 is 6.18 Å². The maximum atomic E-state index is 12.8. The molecule has 1 aromatic heterocycles. The highest BCUT2D eigenvalue weighted by Gasteiger charge is 2.34. The molecule has 1 aliphatic rings. The van der Waals surface area contributed by atoms with Crippen molar-refractivity contribution in [2.24, 2.45) is 5.92 Å². The molecule has 1 N–H and O–H groups in total. The number of halogens is 3. The van der Waals surface area contributed by atoms with Crippen LogP contribution in [0.15, 0.2) is 18.5 Å². The van der Waals surface area contributed by atoms with Crippen LogP contribution in [-0.4, -0.2) is 18.1 Å². The molecule has 0 aromatic carbocycles. The van der Waals surface area contributed by atoms with Crippen molar-refractivity contribution < 1.29 is 13.2 Å². The predicted molar refractivity (Wildman–Crippen MR) is 58.5 cm³/mol. The lowest BCUT2D eigenvalue weighted by atomic mass is 9.89. The van der Waals surface area contributed by atoms with Crippen molar-refractivity contribution in [2.45, 2.75) is 25.4 Å². The summed E-state index contributed by atoms with van der Waals surface area (Å²) in [4.78, 5) is 3.57. The Morgan fingerprint density at radius 3 is 2.65 bits per heavy atom. The Labute approximate surface area is 98.2 Å². The summed E-state index contributed by atoms with van der Waals surface area (Å²) < 4.78 is 38.3. The van der Waals surface area contributed by atoms with Crippen molar-refractivity contribution >= 4 is 0 Å². The zero-order chi connectivity index (χ0) is 12.3. The standard InChI is InChI=1S/C12H15F3N2/c13-12(14,15)11-8-17-6-3-10(11)7-9-1-4-16-5-2-9/h3,6,8-9,16H,1-2,4-5,7H2. The molecule has 2 nitrogen and oxygen atoms in total. The molecule has 1 saturated heterocycles. The molecule has 0 spiro atoms. The third-order valence-corrected chi connectivity index (χ3v) is 3.18. The number of nitrogens with one attached hydrogen (secondary N) is 1. The maximum Gasteiger partial charge on any atom is 0.418 e. The molecule has 0 saturated carbocycles. The van der Waals surface area contributed by atoms with Crippen LogP contribution in [0.25, 0.3) is 0 Å². The normalized spacial score (nSPS) is 18.3. The zero-order valence-electron chi connectivity index (χ0n) is 9.43. The second kappa shape index (κ2) is 5.04. The Morgan fingerprint density at radius 2 is 2.00 bits per heavy atom. The van der Waals surface area contributed by atoms with E-state index in [2.05, 4.69) is 10.3 Å². The second-order valence-corrected chi connectivity index (χ2v) is 4.43. The fraction of sp³-hybridized carbons (Fsp3) is 0.583. The van der Waals surface area contributed by atoms with Crippen LogP contribution in [0.2, 0.25) is 0 Å². The van der Waals surface area contributed by atoms with Gasteiger partial charge < -0.3 is 5.32 Å². The summed E-state index contributed by atoms with van der Waals surface area (Å²) in [6, 6.07) is 1.49. The van der Waals surface area contributed by atoms with Crippen molar-refractivity contribution in [1.82, 2.24) is 10.3 Å². The van der Waals surface area contributed by atoms with Gasteiger partial charge in [-0.1, -0.05) is 0 Å². The highest BCUT2D eigenvalue weighted by atomic mass is 19.4. The van der Waals surface area contributed by atoms with E-state index in [1.165, 1.54) is 12.3 Å². The number of hydrogen-bond donors (Lipinski definition) is 1. The SMILES string of the molecule is FC(F)(F)c1cnccc1CC1CCNCC1. The molecule has 2 heterocycles. The third kappa shape index (κ3) is 3.19. The summed E-state index contributed by atoms with van der Waals surface area (Å²) in [7, 11) is 0. The minimum Gasteiger partial charge on any atom is -0.317 e. The number of nitrogens with zero attached hydrogens (tertiary/aromatic N) is 1. The van der Waals surface area contributed by atoms with Gasteiger partial charge in [-0.25, -0.2) is 0 Å². The largest absolute Gasteiger partial charge is 0.418 e. The second-order valence-electron chi connectivity index (χ2n) is 4.43. The molecule has 0 bridgehead atoms. The molecule has 17 heavy (non-hydrogen) atoms. The molecule has 1 aromatic rings. The number of alkyl halides is 3. The average Bonchev–Trinajstić information content (AvgIpc) is 2.30. The molecule has 0 atom stereocenters. The van der Waals surface area contributed by atoms with E-state index in [1.807, 2.05) is 0 Å². The van der Waals surface area contributed by atoms with Gasteiger partial charge in [-0.15, -0.1) is 0 Å². The van der Waals surface area contributed by atoms with Crippen LogP contribution < -0.4 is 5.32 Å². The summed E-state index contributed by atoms with van der Waals surface area (Å²) >= 11 is 0. The van der Waals surface area contributed by atoms with Gasteiger partial charge in [0.05, 0.1) is 5.56 Å². The van der Waals surface area contributed by atoms with Gasteiger partial charge in [0.1, 0.15) is 0 Å². The van der Waals surface area contributed by atoms with Gasteiger partial charge in [0.15, 0.2) is 0 Å². The predicted octanol–water partition coefficient (Wildman–Crippen LogP) is 2.64. The first-order chi connectivity index (χ1) is 8.07. The van der Waals surface area contributed by atoms with Crippen LogP contribution in [0.5, 0.6) is 0 Å². The lowest BCUT2D eigenvalue weighted by Gasteiger charge is -2.23. The van der Waals surface area contributed by atoms with Crippen molar-refractivity contribution in [2.75, 3.05) is 13.1 Å². The molecule has 5 heteroatoms. The fourth-order valence-corrected chi connectivity index (χ4v) is 2.25. The first-order valence-electron chi connectivity index (χ1n) is 5.78. The number of rotatable bonds is 2. The molecule has 0 unspecified atom stereocenters. The summed E-state index contributed by atoms with van der Waals surface area (Å²) in [5.74, 6) is 0.347. The molecular weight excluding hydrogens is 229 g/mol. The van der Waals surface area contributed by atoms with E-state index < -0.39 is 11.7 Å². The van der Waals surface area contributed by atoms with Gasteiger partial charge in [-0.3, -0.25) is 4.98 Å². The molecular formula is C12H15F3N2. The van der Waals surface area contributed by atoms with E-state index in [9.17, 15) is 13.2 Å². The molecule has 94 valence electrons. The summed E-state index contributed by atoms with van der Waals surface area (Å²) in [5.41, 5.74) is -0.210. The number of hydrogen-bond acceptors (Lipinski definition) is 2. The van der Waals surface area contributed by atoms with Crippen LogP contribution in [0, 0.1) is 5.92 Å². The molecule has 0 aliphatic carbocycles. The zero-order valence-corrected chi connectivity index (χ0v) is 9.43. The van der Waals surface area contributed by atoms with Gasteiger partial charge in [0.2, 0.25) is 0 Å². The van der Waals surface area contributed by atoms with E-state index in [1.54, 1.807) is 0 Å². The Balaban J connectivity index is 2.14. The Bertz CT molecular complexity index is 370. The number of pyridine rings is 1. The summed E-state index contributed by atoms with van der Waals surface area (Å²) in [5, 5.41) is 3.21. The first kappa shape index (κ1) is 12.4. The van der Waals surface area contributed by atoms with E-state index in [4.69, 9.17) is 0 Å². The topological polar surface area (TPSA) is 24.9 Å². The van der Waals surface area contributed by atoms with Crippen molar-refractivity contribution in [1.29, 1.82) is 0 Å². The van der Waals surface area contributed by atoms with Gasteiger partial charge in [0, 0.05) is 12.4 Å².